The molecule has 0 saturated carbocycles. The molecule has 24 heavy (non-hydrogen) atoms. The second-order valence-corrected chi connectivity index (χ2v) is 6.18. The molecule has 6 nitrogen and oxygen atoms in total. The van der Waals surface area contributed by atoms with Crippen LogP contribution in [0.4, 0.5) is 0 Å². The van der Waals surface area contributed by atoms with Crippen molar-refractivity contribution in [2.75, 3.05) is 0 Å². The first-order valence-electron chi connectivity index (χ1n) is 7.88. The monoisotopic (exact) mass is 317 g/mol. The first-order chi connectivity index (χ1) is 11.7. The normalized spacial score (nSPS) is 15.6. The average molecular weight is 317 g/mol. The van der Waals surface area contributed by atoms with Crippen molar-refractivity contribution in [1.82, 2.24) is 23.9 Å². The Balaban J connectivity index is 1.81. The average Bonchev–Trinajstić information content (AvgIpc) is 3.28. The third kappa shape index (κ3) is 1.68. The summed E-state index contributed by atoms with van der Waals surface area (Å²) in [6, 6.07) is 8.25. The van der Waals surface area contributed by atoms with Crippen LogP contribution in [0.2, 0.25) is 0 Å². The highest BCUT2D eigenvalue weighted by molar-refractivity contribution is 5.75. The summed E-state index contributed by atoms with van der Waals surface area (Å²) in [6.07, 6.45) is 8.08. The van der Waals surface area contributed by atoms with Gasteiger partial charge in [0.05, 0.1) is 17.7 Å². The molecule has 5 rings (SSSR count). The van der Waals surface area contributed by atoms with E-state index in [2.05, 4.69) is 27.1 Å². The molecule has 0 bridgehead atoms. The second-order valence-electron chi connectivity index (χ2n) is 6.18. The molecule has 3 heterocycles. The lowest BCUT2D eigenvalue weighted by Gasteiger charge is -2.15. The molecular weight excluding hydrogens is 302 g/mol. The van der Waals surface area contributed by atoms with Crippen molar-refractivity contribution < 1.29 is 0 Å². The van der Waals surface area contributed by atoms with E-state index in [-0.39, 0.29) is 11.5 Å². The van der Waals surface area contributed by atoms with Gasteiger partial charge in [0.25, 0.3) is 5.56 Å². The van der Waals surface area contributed by atoms with Gasteiger partial charge in [0.1, 0.15) is 0 Å². The number of nitrogens with one attached hydrogen (secondary N) is 1. The predicted molar refractivity (Wildman–Crippen MR) is 90.0 cm³/mol. The van der Waals surface area contributed by atoms with Crippen LogP contribution in [0.25, 0.3) is 16.9 Å². The van der Waals surface area contributed by atoms with E-state index in [0.29, 0.717) is 5.65 Å². The summed E-state index contributed by atoms with van der Waals surface area (Å²) in [6.45, 7) is 0. The zero-order valence-electron chi connectivity index (χ0n) is 13.1. The first-order valence-corrected chi connectivity index (χ1v) is 7.88. The molecule has 0 spiro atoms. The molecule has 0 fully saturated rings. The summed E-state index contributed by atoms with van der Waals surface area (Å²) in [5.41, 5.74) is 5.74. The maximum Gasteiger partial charge on any atom is 0.292 e. The Hall–Kier alpha value is -3.15. The quantitative estimate of drug-likeness (QED) is 0.616. The molecule has 118 valence electrons. The molecule has 1 N–H and O–H groups in total. The van der Waals surface area contributed by atoms with Crippen molar-refractivity contribution in [2.45, 2.75) is 12.3 Å². The Kier molecular flexibility index (Phi) is 2.59. The number of rotatable bonds is 2. The van der Waals surface area contributed by atoms with Crippen molar-refractivity contribution in [2.24, 2.45) is 7.05 Å². The zero-order chi connectivity index (χ0) is 16.3. The fourth-order valence-electron chi connectivity index (χ4n) is 3.74. The van der Waals surface area contributed by atoms with Crippen LogP contribution in [-0.2, 0) is 13.5 Å². The van der Waals surface area contributed by atoms with E-state index in [0.717, 1.165) is 29.1 Å². The van der Waals surface area contributed by atoms with Crippen LogP contribution in [0.5, 0.6) is 0 Å². The summed E-state index contributed by atoms with van der Waals surface area (Å²) in [4.78, 5) is 23.8. The van der Waals surface area contributed by atoms with Crippen molar-refractivity contribution in [3.63, 3.8) is 0 Å². The van der Waals surface area contributed by atoms with E-state index < -0.39 is 0 Å². The Labute approximate surface area is 137 Å². The Morgan fingerprint density at radius 1 is 1.29 bits per heavy atom. The van der Waals surface area contributed by atoms with Crippen molar-refractivity contribution >= 4 is 5.65 Å². The molecule has 1 aliphatic carbocycles. The van der Waals surface area contributed by atoms with E-state index in [1.165, 1.54) is 5.56 Å². The van der Waals surface area contributed by atoms with Crippen LogP contribution >= 0.6 is 0 Å². The van der Waals surface area contributed by atoms with Crippen LogP contribution in [-0.4, -0.2) is 23.9 Å². The van der Waals surface area contributed by atoms with Gasteiger partial charge in [-0.15, -0.1) is 0 Å². The van der Waals surface area contributed by atoms with Crippen molar-refractivity contribution in [1.29, 1.82) is 0 Å². The molecule has 0 aliphatic heterocycles. The summed E-state index contributed by atoms with van der Waals surface area (Å²) in [7, 11) is 2.00. The minimum absolute atomic E-state index is 0.153. The highest BCUT2D eigenvalue weighted by Crippen LogP contribution is 2.44. The van der Waals surface area contributed by atoms with Gasteiger partial charge in [0.15, 0.2) is 0 Å². The SMILES string of the molecule is Cn1cncc1CC1c2ccccc2-c2[nH]c(=O)c3nccn3c21. The molecule has 1 unspecified atom stereocenters. The van der Waals surface area contributed by atoms with Gasteiger partial charge in [-0.05, 0) is 5.56 Å². The number of hydrogen-bond donors (Lipinski definition) is 1. The number of benzene rings is 1. The molecule has 0 radical (unpaired) electrons. The van der Waals surface area contributed by atoms with Crippen LogP contribution in [0, 0.1) is 0 Å². The Bertz CT molecular complexity index is 1130. The summed E-state index contributed by atoms with van der Waals surface area (Å²) >= 11 is 0. The molecule has 1 aliphatic rings. The van der Waals surface area contributed by atoms with E-state index in [1.807, 2.05) is 46.9 Å². The lowest BCUT2D eigenvalue weighted by molar-refractivity contribution is 0.719. The maximum absolute atomic E-state index is 12.3. The van der Waals surface area contributed by atoms with Gasteiger partial charge >= 0.3 is 0 Å². The van der Waals surface area contributed by atoms with Crippen LogP contribution in [0.15, 0.2) is 54.0 Å². The number of imidazole rings is 2. The zero-order valence-corrected chi connectivity index (χ0v) is 13.1. The number of nitrogens with zero attached hydrogens (tertiary/aromatic N) is 4. The number of H-pyrrole nitrogens is 1. The molecule has 3 aromatic heterocycles. The molecule has 1 aromatic carbocycles. The maximum atomic E-state index is 12.3. The lowest BCUT2D eigenvalue weighted by atomic mass is 9.95. The third-order valence-electron chi connectivity index (χ3n) is 4.86. The Morgan fingerprint density at radius 2 is 2.17 bits per heavy atom. The molecule has 0 saturated heterocycles. The second kappa shape index (κ2) is 4.67. The Morgan fingerprint density at radius 3 is 3.00 bits per heavy atom. The van der Waals surface area contributed by atoms with Crippen molar-refractivity contribution in [3.8, 4) is 11.3 Å². The number of aryl methyl sites for hydroxylation is 1. The van der Waals surface area contributed by atoms with Crippen LogP contribution in [0.1, 0.15) is 22.9 Å². The number of aromatic nitrogens is 5. The molecule has 6 heteroatoms. The topological polar surface area (TPSA) is 68.0 Å². The van der Waals surface area contributed by atoms with Crippen LogP contribution in [0.3, 0.4) is 0 Å². The van der Waals surface area contributed by atoms with Crippen molar-refractivity contribution in [3.05, 3.63) is 76.5 Å². The molecular formula is C18H15N5O. The van der Waals surface area contributed by atoms with Gasteiger partial charge in [0.2, 0.25) is 5.65 Å². The van der Waals surface area contributed by atoms with Gasteiger partial charge in [-0.25, -0.2) is 9.97 Å². The molecule has 1 atom stereocenters. The largest absolute Gasteiger partial charge is 0.338 e. The smallest absolute Gasteiger partial charge is 0.292 e. The standard InChI is InChI=1S/C18H15N5O/c1-22-10-19-9-11(22)8-14-12-4-2-3-5-13(12)15-16(14)23-7-6-20-17(23)18(24)21-15/h2-7,9-10,14H,8H2,1H3,(H,21,24). The van der Waals surface area contributed by atoms with E-state index in [9.17, 15) is 4.79 Å². The van der Waals surface area contributed by atoms with E-state index >= 15 is 0 Å². The molecule has 4 aromatic rings. The van der Waals surface area contributed by atoms with Gasteiger partial charge in [-0.3, -0.25) is 9.20 Å². The van der Waals surface area contributed by atoms with Gasteiger partial charge in [-0.2, -0.15) is 0 Å². The minimum Gasteiger partial charge on any atom is -0.338 e. The van der Waals surface area contributed by atoms with Gasteiger partial charge < -0.3 is 9.55 Å². The number of fused-ring (bicyclic) bond motifs is 5. The fourth-order valence-corrected chi connectivity index (χ4v) is 3.74. The summed E-state index contributed by atoms with van der Waals surface area (Å²) in [5.74, 6) is 0.153. The lowest BCUT2D eigenvalue weighted by Crippen LogP contribution is -2.16. The summed E-state index contributed by atoms with van der Waals surface area (Å²) in [5, 5.41) is 0. The highest BCUT2D eigenvalue weighted by Gasteiger charge is 2.32. The van der Waals surface area contributed by atoms with Gasteiger partial charge in [-0.1, -0.05) is 24.3 Å². The predicted octanol–water partition coefficient (Wildman–Crippen LogP) is 2.11. The van der Waals surface area contributed by atoms with Crippen LogP contribution < -0.4 is 5.56 Å². The molecule has 0 amide bonds. The van der Waals surface area contributed by atoms with E-state index in [1.54, 1.807) is 6.20 Å². The first kappa shape index (κ1) is 13.3. The van der Waals surface area contributed by atoms with E-state index in [4.69, 9.17) is 0 Å². The fraction of sp³-hybridized carbons (Fsp3) is 0.167. The number of hydrogen-bond acceptors (Lipinski definition) is 3. The highest BCUT2D eigenvalue weighted by atomic mass is 16.1. The number of aromatic amines is 1. The third-order valence-corrected chi connectivity index (χ3v) is 4.86. The minimum atomic E-state index is -0.158. The summed E-state index contributed by atoms with van der Waals surface area (Å²) < 4.78 is 3.96. The van der Waals surface area contributed by atoms with Gasteiger partial charge in [0, 0.05) is 49.2 Å².